The van der Waals surface area contributed by atoms with E-state index in [9.17, 15) is 14.0 Å². The van der Waals surface area contributed by atoms with Crippen LogP contribution in [0.1, 0.15) is 26.2 Å². The molecular weight excluding hydrogens is 327 g/mol. The number of carbonyl (C=O) groups is 2. The van der Waals surface area contributed by atoms with E-state index in [4.69, 9.17) is 9.84 Å². The highest BCUT2D eigenvalue weighted by Gasteiger charge is 2.27. The highest BCUT2D eigenvalue weighted by molar-refractivity contribution is 5.76. The van der Waals surface area contributed by atoms with Gasteiger partial charge in [-0.3, -0.25) is 14.5 Å². The van der Waals surface area contributed by atoms with Gasteiger partial charge in [-0.25, -0.2) is 4.39 Å². The maximum atomic E-state index is 12.8. The van der Waals surface area contributed by atoms with E-state index in [-0.39, 0.29) is 37.3 Å². The standard InChI is InChI=1S/C18H25FN2O4/c1-2-20(13-18(23)24)15-7-10-21(11-8-15)17(22)9-12-25-16-5-3-14(19)4-6-16/h3-6,15H,2,7-13H2,1H3,(H,23,24). The molecule has 0 radical (unpaired) electrons. The average molecular weight is 352 g/mol. The molecule has 0 aliphatic carbocycles. The van der Waals surface area contributed by atoms with E-state index in [1.807, 2.05) is 11.8 Å². The number of piperidine rings is 1. The number of carboxylic acids is 1. The molecule has 1 aromatic carbocycles. The molecule has 1 aliphatic heterocycles. The number of amides is 1. The van der Waals surface area contributed by atoms with Gasteiger partial charge in [0, 0.05) is 19.1 Å². The molecule has 0 bridgehead atoms. The molecule has 0 aromatic heterocycles. The van der Waals surface area contributed by atoms with E-state index in [0.717, 1.165) is 12.8 Å². The molecule has 25 heavy (non-hydrogen) atoms. The van der Waals surface area contributed by atoms with Crippen LogP contribution in [0.2, 0.25) is 0 Å². The Hall–Kier alpha value is -2.15. The van der Waals surface area contributed by atoms with Crippen LogP contribution in [0.25, 0.3) is 0 Å². The Morgan fingerprint density at radius 3 is 2.48 bits per heavy atom. The summed E-state index contributed by atoms with van der Waals surface area (Å²) in [5, 5.41) is 8.95. The van der Waals surface area contributed by atoms with Gasteiger partial charge in [-0.1, -0.05) is 6.92 Å². The number of likely N-dealkylation sites (N-methyl/N-ethyl adjacent to an activating group) is 1. The normalized spacial score (nSPS) is 15.4. The lowest BCUT2D eigenvalue weighted by Crippen LogP contribution is -2.48. The first kappa shape index (κ1) is 19.2. The number of carbonyl (C=O) groups excluding carboxylic acids is 1. The molecule has 1 aromatic rings. The van der Waals surface area contributed by atoms with Gasteiger partial charge in [0.05, 0.1) is 19.6 Å². The van der Waals surface area contributed by atoms with E-state index in [2.05, 4.69) is 0 Å². The van der Waals surface area contributed by atoms with Crippen molar-refractivity contribution in [2.45, 2.75) is 32.2 Å². The van der Waals surface area contributed by atoms with Gasteiger partial charge in [0.1, 0.15) is 11.6 Å². The predicted molar refractivity (Wildman–Crippen MR) is 91.0 cm³/mol. The molecule has 1 saturated heterocycles. The lowest BCUT2D eigenvalue weighted by Gasteiger charge is -2.37. The number of nitrogens with zero attached hydrogens (tertiary/aromatic N) is 2. The van der Waals surface area contributed by atoms with Crippen molar-refractivity contribution in [3.63, 3.8) is 0 Å². The van der Waals surface area contributed by atoms with Crippen LogP contribution >= 0.6 is 0 Å². The van der Waals surface area contributed by atoms with Crippen molar-refractivity contribution < 1.29 is 23.8 Å². The first-order valence-electron chi connectivity index (χ1n) is 8.61. The fourth-order valence-electron chi connectivity index (χ4n) is 3.10. The molecule has 6 nitrogen and oxygen atoms in total. The molecule has 0 spiro atoms. The van der Waals surface area contributed by atoms with Gasteiger partial charge in [-0.15, -0.1) is 0 Å². The number of benzene rings is 1. The lowest BCUT2D eigenvalue weighted by molar-refractivity contribution is -0.140. The fourth-order valence-corrected chi connectivity index (χ4v) is 3.10. The topological polar surface area (TPSA) is 70.1 Å². The number of hydrogen-bond donors (Lipinski definition) is 1. The zero-order valence-electron chi connectivity index (χ0n) is 14.5. The van der Waals surface area contributed by atoms with Gasteiger partial charge in [0.2, 0.25) is 5.91 Å². The Bertz CT molecular complexity index is 571. The van der Waals surface area contributed by atoms with E-state index in [1.165, 1.54) is 24.3 Å². The van der Waals surface area contributed by atoms with Gasteiger partial charge in [0.25, 0.3) is 0 Å². The molecule has 138 valence electrons. The lowest BCUT2D eigenvalue weighted by atomic mass is 10.0. The summed E-state index contributed by atoms with van der Waals surface area (Å²) in [7, 11) is 0. The number of likely N-dealkylation sites (tertiary alicyclic amines) is 1. The van der Waals surface area contributed by atoms with E-state index < -0.39 is 5.97 Å². The number of halogens is 1. The van der Waals surface area contributed by atoms with Gasteiger partial charge >= 0.3 is 5.97 Å². The summed E-state index contributed by atoms with van der Waals surface area (Å²) in [6, 6.07) is 5.91. The minimum Gasteiger partial charge on any atom is -0.493 e. The summed E-state index contributed by atoms with van der Waals surface area (Å²) < 4.78 is 18.3. The van der Waals surface area contributed by atoms with Gasteiger partial charge in [0.15, 0.2) is 0 Å². The Morgan fingerprint density at radius 1 is 1.28 bits per heavy atom. The van der Waals surface area contributed by atoms with Crippen molar-refractivity contribution in [1.29, 1.82) is 0 Å². The van der Waals surface area contributed by atoms with Crippen LogP contribution < -0.4 is 4.74 Å². The molecule has 0 unspecified atom stereocenters. The third kappa shape index (κ3) is 6.01. The minimum absolute atomic E-state index is 0.0295. The summed E-state index contributed by atoms with van der Waals surface area (Å²) in [4.78, 5) is 26.9. The molecule has 1 N–H and O–H groups in total. The highest BCUT2D eigenvalue weighted by atomic mass is 19.1. The monoisotopic (exact) mass is 352 g/mol. The van der Waals surface area contributed by atoms with E-state index in [0.29, 0.717) is 25.4 Å². The Kier molecular flexibility index (Phi) is 7.18. The second kappa shape index (κ2) is 9.36. The molecule has 0 saturated carbocycles. The van der Waals surface area contributed by atoms with Gasteiger partial charge in [-0.2, -0.15) is 0 Å². The first-order valence-corrected chi connectivity index (χ1v) is 8.61. The van der Waals surface area contributed by atoms with E-state index >= 15 is 0 Å². The van der Waals surface area contributed by atoms with Crippen LogP contribution in [-0.4, -0.2) is 65.6 Å². The molecular formula is C18H25FN2O4. The van der Waals surface area contributed by atoms with Crippen LogP contribution in [0, 0.1) is 5.82 Å². The highest BCUT2D eigenvalue weighted by Crippen LogP contribution is 2.17. The van der Waals surface area contributed by atoms with Gasteiger partial charge < -0.3 is 14.7 Å². The average Bonchev–Trinajstić information content (AvgIpc) is 2.61. The number of aliphatic carboxylic acids is 1. The third-order valence-electron chi connectivity index (χ3n) is 4.48. The summed E-state index contributed by atoms with van der Waals surface area (Å²) in [6.45, 7) is 4.21. The molecule has 1 amide bonds. The fraction of sp³-hybridized carbons (Fsp3) is 0.556. The largest absolute Gasteiger partial charge is 0.493 e. The zero-order chi connectivity index (χ0) is 18.2. The molecule has 1 aliphatic rings. The number of ether oxygens (including phenoxy) is 1. The molecule has 1 fully saturated rings. The Balaban J connectivity index is 1.71. The Morgan fingerprint density at radius 2 is 1.92 bits per heavy atom. The molecule has 7 heteroatoms. The van der Waals surface area contributed by atoms with Crippen LogP contribution in [0.5, 0.6) is 5.75 Å². The van der Waals surface area contributed by atoms with Crippen LogP contribution in [-0.2, 0) is 9.59 Å². The van der Waals surface area contributed by atoms with E-state index in [1.54, 1.807) is 4.90 Å². The minimum atomic E-state index is -0.821. The zero-order valence-corrected chi connectivity index (χ0v) is 14.5. The maximum Gasteiger partial charge on any atom is 0.317 e. The number of hydrogen-bond acceptors (Lipinski definition) is 4. The summed E-state index contributed by atoms with van der Waals surface area (Å²) in [5.74, 6) is -0.573. The molecule has 2 rings (SSSR count). The van der Waals surface area contributed by atoms with Crippen molar-refractivity contribution in [3.05, 3.63) is 30.1 Å². The van der Waals surface area contributed by atoms with Crippen molar-refractivity contribution in [2.24, 2.45) is 0 Å². The maximum absolute atomic E-state index is 12.8. The van der Waals surface area contributed by atoms with Crippen molar-refractivity contribution in [2.75, 3.05) is 32.8 Å². The number of carboxylic acid groups (broad SMARTS) is 1. The molecule has 0 atom stereocenters. The summed E-state index contributed by atoms with van der Waals surface area (Å²) in [5.41, 5.74) is 0. The number of rotatable bonds is 8. The van der Waals surface area contributed by atoms with Crippen LogP contribution in [0.15, 0.2) is 24.3 Å². The summed E-state index contributed by atoms with van der Waals surface area (Å²) in [6.07, 6.45) is 1.84. The first-order chi connectivity index (χ1) is 12.0. The second-order valence-corrected chi connectivity index (χ2v) is 6.12. The second-order valence-electron chi connectivity index (χ2n) is 6.12. The van der Waals surface area contributed by atoms with Gasteiger partial charge in [-0.05, 0) is 43.7 Å². The Labute approximate surface area is 147 Å². The van der Waals surface area contributed by atoms with Crippen molar-refractivity contribution in [3.8, 4) is 5.75 Å². The summed E-state index contributed by atoms with van der Waals surface area (Å²) >= 11 is 0. The van der Waals surface area contributed by atoms with Crippen molar-refractivity contribution >= 4 is 11.9 Å². The molecule has 1 heterocycles. The quantitative estimate of drug-likeness (QED) is 0.775. The third-order valence-corrected chi connectivity index (χ3v) is 4.48. The van der Waals surface area contributed by atoms with Crippen LogP contribution in [0.3, 0.4) is 0 Å². The predicted octanol–water partition coefficient (Wildman–Crippen LogP) is 1.99. The van der Waals surface area contributed by atoms with Crippen molar-refractivity contribution in [1.82, 2.24) is 9.80 Å². The SMILES string of the molecule is CCN(CC(=O)O)C1CCN(C(=O)CCOc2ccc(F)cc2)CC1. The smallest absolute Gasteiger partial charge is 0.317 e. The van der Waals surface area contributed by atoms with Crippen LogP contribution in [0.4, 0.5) is 4.39 Å².